The minimum absolute atomic E-state index is 0.246. The number of Topliss-reactive ketones (excluding diaryl/α,β-unsaturated/α-hetero) is 1. The third kappa shape index (κ3) is 5.23. The summed E-state index contributed by atoms with van der Waals surface area (Å²) in [6, 6.07) is 33.7. The maximum atomic E-state index is 13.7. The second kappa shape index (κ2) is 10.9. The first-order valence-electron chi connectivity index (χ1n) is 13.7. The van der Waals surface area contributed by atoms with Crippen molar-refractivity contribution in [2.45, 2.75) is 32.4 Å². The second-order valence-electron chi connectivity index (χ2n) is 10.7. The number of hydrogen-bond acceptors (Lipinski definition) is 3. The number of aryl methyl sites for hydroxylation is 1. The number of benzene rings is 3. The van der Waals surface area contributed by atoms with Crippen LogP contribution >= 0.6 is 0 Å². The number of para-hydroxylation sites is 1. The van der Waals surface area contributed by atoms with Crippen LogP contribution in [0.3, 0.4) is 0 Å². The Bertz CT molecular complexity index is 1550. The average Bonchev–Trinajstić information content (AvgIpc) is 3.52. The number of aromatic nitrogens is 3. The van der Waals surface area contributed by atoms with Crippen LogP contribution in [0.15, 0.2) is 109 Å². The zero-order chi connectivity index (χ0) is 26.8. The van der Waals surface area contributed by atoms with Gasteiger partial charge in [0, 0.05) is 57.0 Å². The molecule has 1 saturated heterocycles. The lowest BCUT2D eigenvalue weighted by Crippen LogP contribution is -2.49. The normalized spacial score (nSPS) is 17.2. The van der Waals surface area contributed by atoms with Crippen LogP contribution in [-0.4, -0.2) is 31.6 Å². The Kier molecular flexibility index (Phi) is 6.99. The number of rotatable bonds is 9. The first-order chi connectivity index (χ1) is 19.1. The number of likely N-dealkylation sites (tertiary alicyclic amines) is 1. The largest absolute Gasteiger partial charge is 0.357 e. The molecule has 0 amide bonds. The fourth-order valence-corrected chi connectivity index (χ4v) is 5.96. The Morgan fingerprint density at radius 1 is 0.897 bits per heavy atom. The van der Waals surface area contributed by atoms with Crippen LogP contribution in [0.5, 0.6) is 0 Å². The van der Waals surface area contributed by atoms with E-state index in [0.29, 0.717) is 18.8 Å². The summed E-state index contributed by atoms with van der Waals surface area (Å²) in [5.74, 6) is 0.561. The number of ketones is 1. The molecular formula is C34H34N4O. The predicted octanol–water partition coefficient (Wildman–Crippen LogP) is 6.56. The maximum Gasteiger partial charge on any atom is 0.139 e. The highest BCUT2D eigenvalue weighted by Gasteiger charge is 2.40. The minimum atomic E-state index is 0.246. The van der Waals surface area contributed by atoms with Gasteiger partial charge in [-0.3, -0.25) is 9.69 Å². The molecule has 2 aromatic heterocycles. The van der Waals surface area contributed by atoms with E-state index in [1.54, 1.807) is 0 Å². The summed E-state index contributed by atoms with van der Waals surface area (Å²) in [6.45, 7) is 3.91. The van der Waals surface area contributed by atoms with Gasteiger partial charge >= 0.3 is 0 Å². The van der Waals surface area contributed by atoms with Gasteiger partial charge in [-0.05, 0) is 47.7 Å². The Labute approximate surface area is 230 Å². The van der Waals surface area contributed by atoms with E-state index < -0.39 is 0 Å². The van der Waals surface area contributed by atoms with Crippen LogP contribution in [0.25, 0.3) is 16.9 Å². The molecule has 0 spiro atoms. The van der Waals surface area contributed by atoms with E-state index in [2.05, 4.69) is 84.8 Å². The van der Waals surface area contributed by atoms with Gasteiger partial charge in [0.15, 0.2) is 0 Å². The van der Waals surface area contributed by atoms with Gasteiger partial charge in [-0.2, -0.15) is 5.10 Å². The lowest BCUT2D eigenvalue weighted by Gasteiger charge is -2.48. The summed E-state index contributed by atoms with van der Waals surface area (Å²) in [6.07, 6.45) is 5.04. The number of carbonyl (C=O) groups excluding carboxylic acids is 1. The topological polar surface area (TPSA) is 43.1 Å². The van der Waals surface area contributed by atoms with Gasteiger partial charge < -0.3 is 4.57 Å². The van der Waals surface area contributed by atoms with Crippen LogP contribution in [-0.2, 0) is 24.8 Å². The van der Waals surface area contributed by atoms with Gasteiger partial charge in [0.25, 0.3) is 0 Å². The van der Waals surface area contributed by atoms with Crippen molar-refractivity contribution in [3.05, 3.63) is 132 Å². The molecule has 6 rings (SSSR count). The molecule has 0 N–H and O–H groups in total. The zero-order valence-corrected chi connectivity index (χ0v) is 22.6. The van der Waals surface area contributed by atoms with Gasteiger partial charge in [0.05, 0.1) is 17.1 Å². The fraction of sp³-hybridized carbons (Fsp3) is 0.235. The number of carbonyl (C=O) groups is 1. The van der Waals surface area contributed by atoms with Crippen molar-refractivity contribution < 1.29 is 4.79 Å². The summed E-state index contributed by atoms with van der Waals surface area (Å²) >= 11 is 0. The molecule has 5 aromatic rings. The van der Waals surface area contributed by atoms with Crippen molar-refractivity contribution in [2.24, 2.45) is 13.0 Å². The molecule has 0 unspecified atom stereocenters. The summed E-state index contributed by atoms with van der Waals surface area (Å²) in [5.41, 5.74) is 7.61. The highest BCUT2D eigenvalue weighted by Crippen LogP contribution is 2.42. The van der Waals surface area contributed by atoms with E-state index in [-0.39, 0.29) is 11.8 Å². The van der Waals surface area contributed by atoms with Gasteiger partial charge in [-0.25, -0.2) is 4.68 Å². The van der Waals surface area contributed by atoms with Crippen molar-refractivity contribution in [3.63, 3.8) is 0 Å². The van der Waals surface area contributed by atoms with E-state index in [1.807, 2.05) is 52.8 Å². The van der Waals surface area contributed by atoms with Crippen molar-refractivity contribution in [1.29, 1.82) is 0 Å². The molecule has 2 atom stereocenters. The first-order valence-corrected chi connectivity index (χ1v) is 13.7. The SMILES string of the molecule is Cc1c(-c2ccn(C)c2)nn(-c2ccccc2)c1CC(=O)C[C@@H]1CN(Cc2ccccc2)[C@H]1c1ccccc1. The van der Waals surface area contributed by atoms with Gasteiger partial charge in [-0.1, -0.05) is 78.9 Å². The monoisotopic (exact) mass is 514 g/mol. The van der Waals surface area contributed by atoms with E-state index in [1.165, 1.54) is 11.1 Å². The molecular weight excluding hydrogens is 480 g/mol. The summed E-state index contributed by atoms with van der Waals surface area (Å²) in [5, 5.41) is 4.99. The summed E-state index contributed by atoms with van der Waals surface area (Å²) in [4.78, 5) is 16.2. The van der Waals surface area contributed by atoms with Crippen molar-refractivity contribution in [3.8, 4) is 16.9 Å². The van der Waals surface area contributed by atoms with Crippen LogP contribution in [0.4, 0.5) is 0 Å². The van der Waals surface area contributed by atoms with Crippen LogP contribution in [0, 0.1) is 12.8 Å². The quantitative estimate of drug-likeness (QED) is 0.224. The van der Waals surface area contributed by atoms with Crippen molar-refractivity contribution in [2.75, 3.05) is 6.54 Å². The molecule has 5 heteroatoms. The molecule has 3 aromatic carbocycles. The third-order valence-electron chi connectivity index (χ3n) is 7.88. The molecule has 196 valence electrons. The highest BCUT2D eigenvalue weighted by molar-refractivity contribution is 5.82. The molecule has 1 aliphatic heterocycles. The van der Waals surface area contributed by atoms with E-state index in [4.69, 9.17) is 5.10 Å². The van der Waals surface area contributed by atoms with Gasteiger partial charge in [0.2, 0.25) is 0 Å². The maximum absolute atomic E-state index is 13.7. The molecule has 1 aliphatic rings. The lowest BCUT2D eigenvalue weighted by molar-refractivity contribution is -0.122. The smallest absolute Gasteiger partial charge is 0.139 e. The Morgan fingerprint density at radius 2 is 1.56 bits per heavy atom. The molecule has 3 heterocycles. The number of hydrogen-bond donors (Lipinski definition) is 0. The van der Waals surface area contributed by atoms with E-state index in [0.717, 1.165) is 41.3 Å². The van der Waals surface area contributed by atoms with E-state index in [9.17, 15) is 4.79 Å². The highest BCUT2D eigenvalue weighted by atomic mass is 16.1. The Hall–Kier alpha value is -4.22. The Balaban J connectivity index is 1.24. The van der Waals surface area contributed by atoms with Crippen LogP contribution < -0.4 is 0 Å². The van der Waals surface area contributed by atoms with Crippen LogP contribution in [0.1, 0.15) is 34.8 Å². The molecule has 0 bridgehead atoms. The summed E-state index contributed by atoms with van der Waals surface area (Å²) in [7, 11) is 2.01. The fourth-order valence-electron chi connectivity index (χ4n) is 5.96. The molecule has 0 radical (unpaired) electrons. The molecule has 5 nitrogen and oxygen atoms in total. The second-order valence-corrected chi connectivity index (χ2v) is 10.7. The van der Waals surface area contributed by atoms with E-state index >= 15 is 0 Å². The van der Waals surface area contributed by atoms with Crippen LogP contribution in [0.2, 0.25) is 0 Å². The summed E-state index contributed by atoms with van der Waals surface area (Å²) < 4.78 is 4.00. The lowest BCUT2D eigenvalue weighted by atomic mass is 9.79. The zero-order valence-electron chi connectivity index (χ0n) is 22.6. The molecule has 0 saturated carbocycles. The van der Waals surface area contributed by atoms with Crippen molar-refractivity contribution in [1.82, 2.24) is 19.2 Å². The molecule has 39 heavy (non-hydrogen) atoms. The van der Waals surface area contributed by atoms with Gasteiger partial charge in [0.1, 0.15) is 5.78 Å². The predicted molar refractivity (Wildman–Crippen MR) is 156 cm³/mol. The number of nitrogens with zero attached hydrogens (tertiary/aromatic N) is 4. The standard InChI is InChI=1S/C34H34N4O/c1-25-32(38(30-16-10-5-11-17-30)35-33(25)28-18-19-36(2)23-28)21-31(39)20-29-24-37(22-26-12-6-3-7-13-26)34(29)27-14-8-4-9-15-27/h3-19,23,29,34H,20-22,24H2,1-2H3/t29-,34+/m1/s1. The molecule has 0 aliphatic carbocycles. The minimum Gasteiger partial charge on any atom is -0.357 e. The van der Waals surface area contributed by atoms with Gasteiger partial charge in [-0.15, -0.1) is 0 Å². The first kappa shape index (κ1) is 25.1. The Morgan fingerprint density at radius 3 is 2.23 bits per heavy atom. The third-order valence-corrected chi connectivity index (χ3v) is 7.88. The molecule has 1 fully saturated rings. The van der Waals surface area contributed by atoms with Crippen molar-refractivity contribution >= 4 is 5.78 Å². The average molecular weight is 515 g/mol.